The van der Waals surface area contributed by atoms with Gasteiger partial charge in [-0.25, -0.2) is 4.68 Å². The molecule has 0 bridgehead atoms. The zero-order valence-electron chi connectivity index (χ0n) is 16.8. The van der Waals surface area contributed by atoms with Crippen LogP contribution in [0.5, 0.6) is 0 Å². The summed E-state index contributed by atoms with van der Waals surface area (Å²) in [6, 6.07) is 6.39. The van der Waals surface area contributed by atoms with E-state index in [1.54, 1.807) is 0 Å². The zero-order valence-corrected chi connectivity index (χ0v) is 17.6. The molecule has 1 aliphatic heterocycles. The Balaban J connectivity index is 1.97. The molecule has 0 unspecified atom stereocenters. The van der Waals surface area contributed by atoms with Crippen molar-refractivity contribution < 1.29 is 4.79 Å². The average Bonchev–Trinajstić information content (AvgIpc) is 2.97. The molecule has 1 atom stereocenters. The van der Waals surface area contributed by atoms with Crippen LogP contribution in [0.25, 0.3) is 0 Å². The highest BCUT2D eigenvalue weighted by Crippen LogP contribution is 2.33. The van der Waals surface area contributed by atoms with Crippen LogP contribution in [-0.2, 0) is 12.1 Å². The van der Waals surface area contributed by atoms with E-state index in [-0.39, 0.29) is 5.91 Å². The monoisotopic (exact) mass is 388 g/mol. The maximum Gasteiger partial charge on any atom is 0.257 e. The number of hydrogen-bond donors (Lipinski definition) is 2. The van der Waals surface area contributed by atoms with Gasteiger partial charge in [-0.05, 0) is 57.2 Å². The Morgan fingerprint density at radius 3 is 2.70 bits per heavy atom. The van der Waals surface area contributed by atoms with Crippen molar-refractivity contribution in [2.45, 2.75) is 72.0 Å². The first-order chi connectivity index (χ1) is 12.8. The fourth-order valence-corrected chi connectivity index (χ4v) is 4.04. The second-order valence-corrected chi connectivity index (χ2v) is 7.98. The van der Waals surface area contributed by atoms with Crippen LogP contribution in [0.15, 0.2) is 18.2 Å². The third-order valence-electron chi connectivity index (χ3n) is 5.80. The van der Waals surface area contributed by atoms with Crippen LogP contribution in [0.3, 0.4) is 0 Å². The van der Waals surface area contributed by atoms with Crippen LogP contribution in [0.2, 0.25) is 5.02 Å². The van der Waals surface area contributed by atoms with Crippen molar-refractivity contribution in [1.29, 1.82) is 0 Å². The zero-order chi connectivity index (χ0) is 19.8. The largest absolute Gasteiger partial charge is 0.367 e. The number of carbonyl (C=O) groups excluding carboxylic acids is 1. The molecular formula is C21H29ClN4O. The highest BCUT2D eigenvalue weighted by molar-refractivity contribution is 6.31. The summed E-state index contributed by atoms with van der Waals surface area (Å²) < 4.78 is 1.91. The molecule has 1 amide bonds. The second-order valence-electron chi connectivity index (χ2n) is 7.57. The quantitative estimate of drug-likeness (QED) is 0.773. The van der Waals surface area contributed by atoms with Gasteiger partial charge in [0.25, 0.3) is 5.91 Å². The lowest BCUT2D eigenvalue weighted by Crippen LogP contribution is -2.45. The summed E-state index contributed by atoms with van der Waals surface area (Å²) in [5.74, 6) is 0.738. The van der Waals surface area contributed by atoms with Gasteiger partial charge in [0.2, 0.25) is 0 Å². The number of anilines is 1. The third kappa shape index (κ3) is 3.57. The van der Waals surface area contributed by atoms with Crippen LogP contribution < -0.4 is 10.6 Å². The molecule has 6 heteroatoms. The highest BCUT2D eigenvalue weighted by atomic mass is 35.5. The molecule has 0 aliphatic carbocycles. The maximum absolute atomic E-state index is 13.3. The lowest BCUT2D eigenvalue weighted by molar-refractivity contribution is 0.0889. The molecule has 2 aromatic rings. The molecule has 0 radical (unpaired) electrons. The van der Waals surface area contributed by atoms with Crippen molar-refractivity contribution in [3.63, 3.8) is 0 Å². The van der Waals surface area contributed by atoms with Crippen molar-refractivity contribution in [1.82, 2.24) is 15.1 Å². The minimum atomic E-state index is -0.462. The first-order valence-electron chi connectivity index (χ1n) is 9.74. The van der Waals surface area contributed by atoms with Gasteiger partial charge in [-0.2, -0.15) is 5.10 Å². The summed E-state index contributed by atoms with van der Waals surface area (Å²) in [7, 11) is 0. The molecule has 2 N–H and O–H groups in total. The first-order valence-corrected chi connectivity index (χ1v) is 10.1. The number of halogens is 1. The summed E-state index contributed by atoms with van der Waals surface area (Å²) in [4.78, 5) is 13.3. The van der Waals surface area contributed by atoms with Gasteiger partial charge >= 0.3 is 0 Å². The van der Waals surface area contributed by atoms with E-state index in [1.165, 1.54) is 0 Å². The second kappa shape index (κ2) is 7.55. The lowest BCUT2D eigenvalue weighted by Gasteiger charge is -2.34. The van der Waals surface area contributed by atoms with Gasteiger partial charge in [-0.15, -0.1) is 0 Å². The molecule has 1 aliphatic rings. The van der Waals surface area contributed by atoms with E-state index in [0.717, 1.165) is 53.5 Å². The third-order valence-corrected chi connectivity index (χ3v) is 6.20. The summed E-state index contributed by atoms with van der Waals surface area (Å²) >= 11 is 6.37. The molecule has 0 saturated carbocycles. The van der Waals surface area contributed by atoms with Crippen molar-refractivity contribution in [2.75, 3.05) is 5.32 Å². The van der Waals surface area contributed by atoms with E-state index >= 15 is 0 Å². The summed E-state index contributed by atoms with van der Waals surface area (Å²) in [5.41, 5.74) is 3.01. The Bertz CT molecular complexity index is 854. The van der Waals surface area contributed by atoms with Crippen molar-refractivity contribution in [3.05, 3.63) is 45.6 Å². The molecular weight excluding hydrogens is 360 g/mol. The predicted molar refractivity (Wildman–Crippen MR) is 111 cm³/mol. The van der Waals surface area contributed by atoms with E-state index in [1.807, 2.05) is 30.7 Å². The molecule has 1 aromatic heterocycles. The standard InChI is InChI=1S/C21H29ClN4O/c1-6-21(7-2,16-9-8-13(3)17(22)12-16)24-20(27)18-15(5)25-26-11-10-14(4)23-19(18)26/h8-9,12,14,23H,6-7,10-11H2,1-5H3,(H,24,27)/t14-/m0/s1. The van der Waals surface area contributed by atoms with Gasteiger partial charge in [0, 0.05) is 17.6 Å². The molecule has 0 fully saturated rings. The van der Waals surface area contributed by atoms with Crippen LogP contribution in [0.4, 0.5) is 5.82 Å². The summed E-state index contributed by atoms with van der Waals surface area (Å²) in [5, 5.41) is 12.0. The number of aryl methyl sites for hydroxylation is 3. The minimum absolute atomic E-state index is 0.0873. The van der Waals surface area contributed by atoms with Gasteiger partial charge in [-0.1, -0.05) is 37.6 Å². The van der Waals surface area contributed by atoms with Crippen LogP contribution in [0, 0.1) is 13.8 Å². The molecule has 146 valence electrons. The number of benzene rings is 1. The van der Waals surface area contributed by atoms with Gasteiger partial charge in [0.05, 0.1) is 11.2 Å². The first kappa shape index (κ1) is 19.7. The fraction of sp³-hybridized carbons (Fsp3) is 0.524. The number of amides is 1. The Morgan fingerprint density at radius 1 is 1.37 bits per heavy atom. The molecule has 5 nitrogen and oxygen atoms in total. The van der Waals surface area contributed by atoms with Crippen LogP contribution in [0.1, 0.15) is 67.2 Å². The molecule has 0 saturated heterocycles. The maximum atomic E-state index is 13.3. The van der Waals surface area contributed by atoms with E-state index < -0.39 is 5.54 Å². The summed E-state index contributed by atoms with van der Waals surface area (Å²) in [6.45, 7) is 11.0. The Hall–Kier alpha value is -2.01. The lowest BCUT2D eigenvalue weighted by atomic mass is 9.84. The van der Waals surface area contributed by atoms with Crippen molar-refractivity contribution in [3.8, 4) is 0 Å². The van der Waals surface area contributed by atoms with Crippen molar-refractivity contribution in [2.24, 2.45) is 0 Å². The van der Waals surface area contributed by atoms with E-state index in [9.17, 15) is 4.79 Å². The smallest absolute Gasteiger partial charge is 0.257 e. The van der Waals surface area contributed by atoms with Gasteiger partial charge < -0.3 is 10.6 Å². The van der Waals surface area contributed by atoms with Crippen LogP contribution >= 0.6 is 11.6 Å². The van der Waals surface area contributed by atoms with Gasteiger partial charge in [0.1, 0.15) is 11.4 Å². The number of carbonyl (C=O) groups is 1. The average molecular weight is 389 g/mol. The van der Waals surface area contributed by atoms with E-state index in [2.05, 4.69) is 42.6 Å². The number of fused-ring (bicyclic) bond motifs is 1. The summed E-state index contributed by atoms with van der Waals surface area (Å²) in [6.07, 6.45) is 2.56. The van der Waals surface area contributed by atoms with E-state index in [4.69, 9.17) is 11.6 Å². The Morgan fingerprint density at radius 2 is 2.07 bits per heavy atom. The van der Waals surface area contributed by atoms with Crippen molar-refractivity contribution >= 4 is 23.3 Å². The fourth-order valence-electron chi connectivity index (χ4n) is 3.86. The van der Waals surface area contributed by atoms with E-state index in [0.29, 0.717) is 11.6 Å². The Labute approximate surface area is 166 Å². The Kier molecular flexibility index (Phi) is 5.52. The van der Waals surface area contributed by atoms with Crippen LogP contribution in [-0.4, -0.2) is 21.7 Å². The predicted octanol–water partition coefficient (Wildman–Crippen LogP) is 4.80. The highest BCUT2D eigenvalue weighted by Gasteiger charge is 2.34. The minimum Gasteiger partial charge on any atom is -0.367 e. The SMILES string of the molecule is CCC(CC)(NC(=O)c1c(C)nn2c1N[C@@H](C)CC2)c1ccc(C)c(Cl)c1. The van der Waals surface area contributed by atoms with Gasteiger partial charge in [0.15, 0.2) is 0 Å². The number of hydrogen-bond acceptors (Lipinski definition) is 3. The molecule has 3 rings (SSSR count). The normalized spacial score (nSPS) is 16.6. The molecule has 1 aromatic carbocycles. The number of aromatic nitrogens is 2. The number of nitrogens with one attached hydrogen (secondary N) is 2. The molecule has 0 spiro atoms. The topological polar surface area (TPSA) is 59.0 Å². The number of nitrogens with zero attached hydrogens (tertiary/aromatic N) is 2. The molecule has 2 heterocycles. The number of rotatable bonds is 5. The van der Waals surface area contributed by atoms with Gasteiger partial charge in [-0.3, -0.25) is 4.79 Å². The molecule has 27 heavy (non-hydrogen) atoms.